The molecule has 1 unspecified atom stereocenters. The van der Waals surface area contributed by atoms with Gasteiger partial charge in [0.1, 0.15) is 0 Å². The number of methoxy groups -OCH3 is 1. The van der Waals surface area contributed by atoms with Crippen molar-refractivity contribution in [3.8, 4) is 0 Å². The van der Waals surface area contributed by atoms with Gasteiger partial charge in [0.15, 0.2) is 0 Å². The van der Waals surface area contributed by atoms with E-state index in [4.69, 9.17) is 4.74 Å². The van der Waals surface area contributed by atoms with Crippen LogP contribution in [0.25, 0.3) is 0 Å². The maximum atomic E-state index is 11.2. The highest BCUT2D eigenvalue weighted by Crippen LogP contribution is 2.58. The van der Waals surface area contributed by atoms with Crippen molar-refractivity contribution in [2.75, 3.05) is 20.2 Å². The molecule has 1 aliphatic carbocycles. The Morgan fingerprint density at radius 1 is 1.50 bits per heavy atom. The van der Waals surface area contributed by atoms with Gasteiger partial charge in [0.2, 0.25) is 0 Å². The third-order valence-electron chi connectivity index (χ3n) is 3.27. The van der Waals surface area contributed by atoms with Gasteiger partial charge in [-0.25, -0.2) is 0 Å². The van der Waals surface area contributed by atoms with E-state index in [2.05, 4.69) is 5.32 Å². The van der Waals surface area contributed by atoms with E-state index in [9.17, 15) is 4.79 Å². The van der Waals surface area contributed by atoms with Gasteiger partial charge in [0.05, 0.1) is 13.0 Å². The van der Waals surface area contributed by atoms with E-state index in [1.165, 1.54) is 7.11 Å². The Bertz CT molecular complexity index is 197. The van der Waals surface area contributed by atoms with Gasteiger partial charge in [-0.15, -0.1) is 0 Å². The fraction of sp³-hybridized carbons (Fsp3) is 0.889. The van der Waals surface area contributed by atoms with Crippen molar-refractivity contribution in [3.63, 3.8) is 0 Å². The summed E-state index contributed by atoms with van der Waals surface area (Å²) in [5, 5.41) is 3.31. The van der Waals surface area contributed by atoms with E-state index in [1.807, 2.05) is 0 Å². The van der Waals surface area contributed by atoms with Crippen LogP contribution in [0.1, 0.15) is 19.3 Å². The van der Waals surface area contributed by atoms with Crippen molar-refractivity contribution in [2.24, 2.45) is 11.3 Å². The third-order valence-corrected chi connectivity index (χ3v) is 3.27. The number of ether oxygens (including phenoxy) is 1. The van der Waals surface area contributed by atoms with Crippen LogP contribution in [0.4, 0.5) is 0 Å². The average Bonchev–Trinajstić information content (AvgIpc) is 2.80. The van der Waals surface area contributed by atoms with Crippen LogP contribution >= 0.6 is 0 Å². The molecule has 68 valence electrons. The zero-order valence-electron chi connectivity index (χ0n) is 7.43. The van der Waals surface area contributed by atoms with Gasteiger partial charge in [0.25, 0.3) is 0 Å². The molecule has 1 saturated heterocycles. The van der Waals surface area contributed by atoms with Crippen molar-refractivity contribution >= 4 is 5.97 Å². The summed E-state index contributed by atoms with van der Waals surface area (Å²) in [4.78, 5) is 11.2. The lowest BCUT2D eigenvalue weighted by Gasteiger charge is -2.22. The van der Waals surface area contributed by atoms with Gasteiger partial charge in [-0.05, 0) is 37.8 Å². The van der Waals surface area contributed by atoms with Gasteiger partial charge in [-0.1, -0.05) is 0 Å². The van der Waals surface area contributed by atoms with Crippen LogP contribution in [-0.2, 0) is 9.53 Å². The zero-order chi connectivity index (χ0) is 8.60. The maximum Gasteiger partial charge on any atom is 0.309 e. The molecule has 1 aliphatic heterocycles. The molecule has 1 saturated carbocycles. The number of rotatable bonds is 1. The fourth-order valence-corrected chi connectivity index (χ4v) is 2.30. The van der Waals surface area contributed by atoms with Crippen molar-refractivity contribution in [1.82, 2.24) is 5.32 Å². The average molecular weight is 169 g/mol. The number of piperidine rings is 1. The highest BCUT2D eigenvalue weighted by molar-refractivity contribution is 5.76. The van der Waals surface area contributed by atoms with Crippen molar-refractivity contribution in [1.29, 1.82) is 0 Å². The first-order valence-corrected chi connectivity index (χ1v) is 4.57. The minimum absolute atomic E-state index is 0.00287. The summed E-state index contributed by atoms with van der Waals surface area (Å²) in [6, 6.07) is 0. The van der Waals surface area contributed by atoms with Crippen LogP contribution in [0.5, 0.6) is 0 Å². The number of hydrogen-bond acceptors (Lipinski definition) is 3. The molecule has 1 N–H and O–H groups in total. The van der Waals surface area contributed by atoms with Crippen LogP contribution in [0.15, 0.2) is 0 Å². The van der Waals surface area contributed by atoms with Gasteiger partial charge in [0, 0.05) is 0 Å². The summed E-state index contributed by atoms with van der Waals surface area (Å²) in [5.74, 6) is 0.210. The lowest BCUT2D eigenvalue weighted by molar-refractivity contribution is -0.143. The Kier molecular flexibility index (Phi) is 1.83. The van der Waals surface area contributed by atoms with Crippen LogP contribution in [0.3, 0.4) is 0 Å². The fourth-order valence-electron chi connectivity index (χ4n) is 2.30. The second kappa shape index (κ2) is 2.73. The quantitative estimate of drug-likeness (QED) is 0.582. The van der Waals surface area contributed by atoms with Crippen molar-refractivity contribution in [2.45, 2.75) is 19.3 Å². The molecule has 3 nitrogen and oxygen atoms in total. The molecule has 2 fully saturated rings. The summed E-state index contributed by atoms with van der Waals surface area (Å²) in [7, 11) is 1.48. The molecule has 0 aromatic heterocycles. The molecule has 1 spiro atoms. The van der Waals surface area contributed by atoms with Crippen LogP contribution in [-0.4, -0.2) is 26.2 Å². The summed E-state index contributed by atoms with van der Waals surface area (Å²) >= 11 is 0. The minimum atomic E-state index is -0.00287. The molecule has 0 amide bonds. The zero-order valence-corrected chi connectivity index (χ0v) is 7.43. The van der Waals surface area contributed by atoms with Gasteiger partial charge < -0.3 is 10.1 Å². The number of hydrogen-bond donors (Lipinski definition) is 1. The van der Waals surface area contributed by atoms with Crippen molar-refractivity contribution in [3.05, 3.63) is 0 Å². The normalized spacial score (nSPS) is 31.6. The molecular weight excluding hydrogens is 154 g/mol. The van der Waals surface area contributed by atoms with E-state index in [-0.39, 0.29) is 11.9 Å². The summed E-state index contributed by atoms with van der Waals surface area (Å²) in [6.45, 7) is 2.13. The Balaban J connectivity index is 1.95. The topological polar surface area (TPSA) is 38.3 Å². The van der Waals surface area contributed by atoms with Gasteiger partial charge in [-0.2, -0.15) is 0 Å². The minimum Gasteiger partial charge on any atom is -0.469 e. The summed E-state index contributed by atoms with van der Waals surface area (Å²) < 4.78 is 4.74. The first kappa shape index (κ1) is 8.05. The molecule has 1 atom stereocenters. The molecule has 1 heterocycles. The largest absolute Gasteiger partial charge is 0.469 e. The lowest BCUT2D eigenvalue weighted by atomic mass is 9.92. The smallest absolute Gasteiger partial charge is 0.309 e. The van der Waals surface area contributed by atoms with Crippen LogP contribution in [0, 0.1) is 11.3 Å². The molecule has 2 aliphatic rings. The molecule has 0 radical (unpaired) electrons. The molecule has 2 rings (SSSR count). The van der Waals surface area contributed by atoms with Crippen LogP contribution < -0.4 is 5.32 Å². The molecule has 12 heavy (non-hydrogen) atoms. The van der Waals surface area contributed by atoms with E-state index in [0.717, 1.165) is 32.4 Å². The number of carbonyl (C=O) groups is 1. The van der Waals surface area contributed by atoms with Gasteiger partial charge >= 0.3 is 5.97 Å². The van der Waals surface area contributed by atoms with Gasteiger partial charge in [-0.3, -0.25) is 4.79 Å². The number of esters is 1. The highest BCUT2D eigenvalue weighted by atomic mass is 16.5. The highest BCUT2D eigenvalue weighted by Gasteiger charge is 2.58. The first-order chi connectivity index (χ1) is 5.78. The molecule has 0 aromatic rings. The Morgan fingerprint density at radius 3 is 2.75 bits per heavy atom. The Hall–Kier alpha value is -0.570. The Morgan fingerprint density at radius 2 is 2.17 bits per heavy atom. The van der Waals surface area contributed by atoms with E-state index in [0.29, 0.717) is 5.41 Å². The predicted octanol–water partition coefficient (Wildman–Crippen LogP) is 0.549. The first-order valence-electron chi connectivity index (χ1n) is 4.57. The second-order valence-electron chi connectivity index (χ2n) is 3.89. The van der Waals surface area contributed by atoms with E-state index >= 15 is 0 Å². The van der Waals surface area contributed by atoms with E-state index < -0.39 is 0 Å². The molecule has 0 aromatic carbocycles. The SMILES string of the molecule is COC(=O)C1CC12CCNCC2. The van der Waals surface area contributed by atoms with Crippen molar-refractivity contribution < 1.29 is 9.53 Å². The molecular formula is C9H15NO2. The monoisotopic (exact) mass is 169 g/mol. The lowest BCUT2D eigenvalue weighted by Crippen LogP contribution is -2.30. The standard InChI is InChI=1S/C9H15NO2/c1-12-8(11)7-6-9(7)2-4-10-5-3-9/h7,10H,2-6H2,1H3. The summed E-state index contributed by atoms with van der Waals surface area (Å²) in [5.41, 5.74) is 0.332. The number of carbonyl (C=O) groups excluding carboxylic acids is 1. The number of nitrogens with one attached hydrogen (secondary N) is 1. The third kappa shape index (κ3) is 1.12. The maximum absolute atomic E-state index is 11.2. The summed E-state index contributed by atoms with van der Waals surface area (Å²) in [6.07, 6.45) is 3.35. The molecule has 0 bridgehead atoms. The second-order valence-corrected chi connectivity index (χ2v) is 3.89. The molecule has 3 heteroatoms. The van der Waals surface area contributed by atoms with E-state index in [1.54, 1.807) is 0 Å². The van der Waals surface area contributed by atoms with Crippen LogP contribution in [0.2, 0.25) is 0 Å². The Labute approximate surface area is 72.5 Å². The predicted molar refractivity (Wildman–Crippen MR) is 44.7 cm³/mol.